The number of hydrogen-bond donors (Lipinski definition) is 2. The average Bonchev–Trinajstić information content (AvgIpc) is 2.86. The molecule has 0 bridgehead atoms. The number of rotatable bonds is 3. The van der Waals surface area contributed by atoms with Crippen molar-refractivity contribution in [1.29, 1.82) is 0 Å². The first kappa shape index (κ1) is 16.5. The van der Waals surface area contributed by atoms with E-state index in [1.54, 1.807) is 0 Å². The molecule has 0 spiro atoms. The van der Waals surface area contributed by atoms with Gasteiger partial charge in [0.1, 0.15) is 0 Å². The van der Waals surface area contributed by atoms with Gasteiger partial charge in [-0.1, -0.05) is 12.1 Å². The molecule has 1 fully saturated rings. The summed E-state index contributed by atoms with van der Waals surface area (Å²) in [5, 5.41) is 6.05. The zero-order valence-electron chi connectivity index (χ0n) is 11.5. The van der Waals surface area contributed by atoms with E-state index in [4.69, 9.17) is 4.74 Å². The SMILES string of the molecule is COC(=O)C1CCNC1c1cccc(NC(C)=O)c1.Cl. The van der Waals surface area contributed by atoms with Crippen LogP contribution in [-0.4, -0.2) is 25.5 Å². The van der Waals surface area contributed by atoms with E-state index in [1.165, 1.54) is 14.0 Å². The normalized spacial score (nSPS) is 20.9. The van der Waals surface area contributed by atoms with Crippen LogP contribution < -0.4 is 10.6 Å². The number of amides is 1. The van der Waals surface area contributed by atoms with Gasteiger partial charge in [-0.3, -0.25) is 9.59 Å². The molecule has 1 aliphatic heterocycles. The van der Waals surface area contributed by atoms with Crippen LogP contribution in [0.1, 0.15) is 24.9 Å². The van der Waals surface area contributed by atoms with Gasteiger partial charge in [0, 0.05) is 18.7 Å². The van der Waals surface area contributed by atoms with Crippen molar-refractivity contribution < 1.29 is 14.3 Å². The summed E-state index contributed by atoms with van der Waals surface area (Å²) >= 11 is 0. The number of nitrogens with one attached hydrogen (secondary N) is 2. The Hall–Kier alpha value is -1.59. The van der Waals surface area contributed by atoms with Crippen molar-refractivity contribution in [2.24, 2.45) is 5.92 Å². The van der Waals surface area contributed by atoms with E-state index < -0.39 is 0 Å². The van der Waals surface area contributed by atoms with Crippen LogP contribution in [0.15, 0.2) is 24.3 Å². The number of carbonyl (C=O) groups is 2. The molecule has 0 radical (unpaired) electrons. The smallest absolute Gasteiger partial charge is 0.310 e. The van der Waals surface area contributed by atoms with Crippen LogP contribution in [0.5, 0.6) is 0 Å². The molecule has 0 saturated carbocycles. The molecule has 110 valence electrons. The van der Waals surface area contributed by atoms with Crippen molar-refractivity contribution in [3.8, 4) is 0 Å². The summed E-state index contributed by atoms with van der Waals surface area (Å²) in [6.07, 6.45) is 0.766. The predicted molar refractivity (Wildman–Crippen MR) is 78.9 cm³/mol. The van der Waals surface area contributed by atoms with Gasteiger partial charge in [0.25, 0.3) is 0 Å². The zero-order chi connectivity index (χ0) is 13.8. The maximum Gasteiger partial charge on any atom is 0.310 e. The van der Waals surface area contributed by atoms with Crippen molar-refractivity contribution in [1.82, 2.24) is 5.32 Å². The van der Waals surface area contributed by atoms with Crippen molar-refractivity contribution >= 4 is 30.0 Å². The highest BCUT2D eigenvalue weighted by Crippen LogP contribution is 2.31. The fourth-order valence-electron chi connectivity index (χ4n) is 2.47. The molecule has 2 atom stereocenters. The molecule has 2 rings (SSSR count). The lowest BCUT2D eigenvalue weighted by molar-refractivity contribution is -0.145. The van der Waals surface area contributed by atoms with Gasteiger partial charge in [-0.15, -0.1) is 12.4 Å². The minimum Gasteiger partial charge on any atom is -0.469 e. The highest BCUT2D eigenvalue weighted by molar-refractivity contribution is 5.88. The van der Waals surface area contributed by atoms with Gasteiger partial charge >= 0.3 is 5.97 Å². The van der Waals surface area contributed by atoms with E-state index >= 15 is 0 Å². The Labute approximate surface area is 124 Å². The monoisotopic (exact) mass is 298 g/mol. The number of benzene rings is 1. The Morgan fingerprint density at radius 2 is 2.15 bits per heavy atom. The summed E-state index contributed by atoms with van der Waals surface area (Å²) in [6.45, 7) is 2.26. The lowest BCUT2D eigenvalue weighted by Gasteiger charge is -2.18. The van der Waals surface area contributed by atoms with E-state index in [0.29, 0.717) is 0 Å². The van der Waals surface area contributed by atoms with E-state index in [0.717, 1.165) is 24.2 Å². The number of carbonyl (C=O) groups excluding carboxylic acids is 2. The van der Waals surface area contributed by atoms with E-state index in [9.17, 15) is 9.59 Å². The van der Waals surface area contributed by atoms with Crippen molar-refractivity contribution in [3.63, 3.8) is 0 Å². The van der Waals surface area contributed by atoms with Crippen molar-refractivity contribution in [2.45, 2.75) is 19.4 Å². The molecule has 1 aromatic rings. The molecule has 5 nitrogen and oxygen atoms in total. The third-order valence-corrected chi connectivity index (χ3v) is 3.29. The van der Waals surface area contributed by atoms with Crippen LogP contribution in [0.3, 0.4) is 0 Å². The Kier molecular flexibility index (Phi) is 5.98. The van der Waals surface area contributed by atoms with Crippen LogP contribution in [0, 0.1) is 5.92 Å². The molecular formula is C14H19ClN2O3. The maximum atomic E-state index is 11.7. The maximum absolute atomic E-state index is 11.7. The molecule has 20 heavy (non-hydrogen) atoms. The first-order valence-electron chi connectivity index (χ1n) is 6.30. The Morgan fingerprint density at radius 1 is 1.40 bits per heavy atom. The molecular weight excluding hydrogens is 280 g/mol. The fourth-order valence-corrected chi connectivity index (χ4v) is 2.47. The van der Waals surface area contributed by atoms with Gasteiger partial charge in [-0.05, 0) is 30.7 Å². The number of anilines is 1. The number of methoxy groups -OCH3 is 1. The van der Waals surface area contributed by atoms with Crippen LogP contribution in [0.2, 0.25) is 0 Å². The van der Waals surface area contributed by atoms with Crippen LogP contribution in [0.25, 0.3) is 0 Å². The van der Waals surface area contributed by atoms with Gasteiger partial charge in [-0.25, -0.2) is 0 Å². The largest absolute Gasteiger partial charge is 0.469 e. The van der Waals surface area contributed by atoms with Crippen molar-refractivity contribution in [3.05, 3.63) is 29.8 Å². The third kappa shape index (κ3) is 3.71. The number of ether oxygens (including phenoxy) is 1. The highest BCUT2D eigenvalue weighted by Gasteiger charge is 2.34. The standard InChI is InChI=1S/C14H18N2O3.ClH/c1-9(17)16-11-5-3-4-10(8-11)13-12(6-7-15-13)14(18)19-2;/h3-5,8,12-13,15H,6-7H2,1-2H3,(H,16,17);1H. The van der Waals surface area contributed by atoms with Gasteiger partial charge in [0.05, 0.1) is 13.0 Å². The lowest BCUT2D eigenvalue weighted by atomic mass is 9.94. The summed E-state index contributed by atoms with van der Waals surface area (Å²) in [5.41, 5.74) is 1.72. The molecule has 1 aliphatic rings. The van der Waals surface area contributed by atoms with E-state index in [-0.39, 0.29) is 36.2 Å². The minimum atomic E-state index is -0.195. The Morgan fingerprint density at radius 3 is 2.80 bits per heavy atom. The fraction of sp³-hybridized carbons (Fsp3) is 0.429. The highest BCUT2D eigenvalue weighted by atomic mass is 35.5. The molecule has 0 aromatic heterocycles. The molecule has 2 N–H and O–H groups in total. The second-order valence-corrected chi connectivity index (χ2v) is 4.66. The summed E-state index contributed by atoms with van der Waals surface area (Å²) in [7, 11) is 1.41. The van der Waals surface area contributed by atoms with E-state index in [2.05, 4.69) is 10.6 Å². The van der Waals surface area contributed by atoms with Gasteiger partial charge in [-0.2, -0.15) is 0 Å². The van der Waals surface area contributed by atoms with Gasteiger partial charge in [0.2, 0.25) is 5.91 Å². The second-order valence-electron chi connectivity index (χ2n) is 4.66. The lowest BCUT2D eigenvalue weighted by Crippen LogP contribution is -2.24. The average molecular weight is 299 g/mol. The zero-order valence-corrected chi connectivity index (χ0v) is 12.3. The topological polar surface area (TPSA) is 67.4 Å². The molecule has 1 amide bonds. The summed E-state index contributed by atoms with van der Waals surface area (Å²) in [5.74, 6) is -0.474. The van der Waals surface area contributed by atoms with Crippen LogP contribution in [0.4, 0.5) is 5.69 Å². The van der Waals surface area contributed by atoms with Crippen molar-refractivity contribution in [2.75, 3.05) is 19.0 Å². The first-order chi connectivity index (χ1) is 9.11. The minimum absolute atomic E-state index is 0. The Balaban J connectivity index is 0.00000200. The summed E-state index contributed by atoms with van der Waals surface area (Å²) < 4.78 is 4.83. The number of hydrogen-bond acceptors (Lipinski definition) is 4. The van der Waals surface area contributed by atoms with Crippen LogP contribution >= 0.6 is 12.4 Å². The molecule has 6 heteroatoms. The van der Waals surface area contributed by atoms with Gasteiger partial charge < -0.3 is 15.4 Å². The second kappa shape index (κ2) is 7.26. The van der Waals surface area contributed by atoms with E-state index in [1.807, 2.05) is 24.3 Å². The molecule has 0 aliphatic carbocycles. The number of halogens is 1. The molecule has 1 heterocycles. The molecule has 2 unspecified atom stereocenters. The summed E-state index contributed by atoms with van der Waals surface area (Å²) in [4.78, 5) is 22.8. The molecule has 1 saturated heterocycles. The quantitative estimate of drug-likeness (QED) is 0.836. The predicted octanol–water partition coefficient (Wildman–Crippen LogP) is 1.89. The summed E-state index contributed by atoms with van der Waals surface area (Å²) in [6, 6.07) is 7.48. The first-order valence-corrected chi connectivity index (χ1v) is 6.30. The Bertz CT molecular complexity index is 493. The van der Waals surface area contributed by atoms with Gasteiger partial charge in [0.15, 0.2) is 0 Å². The number of esters is 1. The third-order valence-electron chi connectivity index (χ3n) is 3.29. The van der Waals surface area contributed by atoms with Crippen LogP contribution in [-0.2, 0) is 14.3 Å². The molecule has 1 aromatic carbocycles.